The van der Waals surface area contributed by atoms with Crippen molar-refractivity contribution in [3.8, 4) is 5.75 Å². The minimum atomic E-state index is -0.260. The molecule has 1 aliphatic carbocycles. The molecule has 32 heavy (non-hydrogen) atoms. The maximum absolute atomic E-state index is 13.0. The first-order valence-corrected chi connectivity index (χ1v) is 11.5. The number of amides is 2. The molecule has 2 aromatic rings. The highest BCUT2D eigenvalue weighted by atomic mass is 35.5. The molecule has 3 heterocycles. The number of aryl methyl sites for hydroxylation is 2. The van der Waals surface area contributed by atoms with Gasteiger partial charge in [-0.3, -0.25) is 19.6 Å². The van der Waals surface area contributed by atoms with Gasteiger partial charge in [-0.2, -0.15) is 0 Å². The van der Waals surface area contributed by atoms with Gasteiger partial charge >= 0.3 is 0 Å². The van der Waals surface area contributed by atoms with Gasteiger partial charge in [0.2, 0.25) is 5.91 Å². The molecule has 1 atom stereocenters. The minimum Gasteiger partial charge on any atom is -0.494 e. The number of anilines is 1. The van der Waals surface area contributed by atoms with Crippen molar-refractivity contribution in [3.05, 3.63) is 46.0 Å². The number of hydrogen-bond donors (Lipinski definition) is 1. The second-order valence-electron chi connectivity index (χ2n) is 8.85. The summed E-state index contributed by atoms with van der Waals surface area (Å²) in [7, 11) is 1.63. The first kappa shape index (κ1) is 22.5. The Hall–Kier alpha value is -2.67. The van der Waals surface area contributed by atoms with Crippen molar-refractivity contribution in [2.45, 2.75) is 58.4 Å². The summed E-state index contributed by atoms with van der Waals surface area (Å²) in [4.78, 5) is 36.3. The number of hydrogen-bond acceptors (Lipinski definition) is 5. The van der Waals surface area contributed by atoms with Gasteiger partial charge in [-0.05, 0) is 58.4 Å². The maximum Gasteiger partial charge on any atom is 0.253 e. The van der Waals surface area contributed by atoms with Crippen LogP contribution >= 0.6 is 11.6 Å². The third-order valence-corrected chi connectivity index (χ3v) is 6.78. The van der Waals surface area contributed by atoms with Gasteiger partial charge in [-0.15, -0.1) is 0 Å². The molecule has 2 aromatic heterocycles. The van der Waals surface area contributed by atoms with Gasteiger partial charge in [0.05, 0.1) is 35.0 Å². The van der Waals surface area contributed by atoms with E-state index >= 15 is 0 Å². The number of rotatable bonds is 5. The molecule has 2 aliphatic rings. The summed E-state index contributed by atoms with van der Waals surface area (Å²) in [5.41, 5.74) is 3.65. The SMILES string of the molecule is COc1cc(C)nc2c1N(CC1CCC(NC(=O)c3cc(Cl)cnc3C)CC1)C(=O)C2C. The molecule has 0 bridgehead atoms. The lowest BCUT2D eigenvalue weighted by atomic mass is 9.85. The Bertz CT molecular complexity index is 1050. The van der Waals surface area contributed by atoms with E-state index in [0.29, 0.717) is 34.5 Å². The first-order valence-electron chi connectivity index (χ1n) is 11.1. The summed E-state index contributed by atoms with van der Waals surface area (Å²) in [6.45, 7) is 6.28. The first-order chi connectivity index (χ1) is 15.3. The molecule has 1 fully saturated rings. The summed E-state index contributed by atoms with van der Waals surface area (Å²) in [5.74, 6) is 0.756. The Morgan fingerprint density at radius 1 is 1.25 bits per heavy atom. The van der Waals surface area contributed by atoms with Crippen LogP contribution in [0.25, 0.3) is 0 Å². The van der Waals surface area contributed by atoms with Crippen LogP contribution in [0.15, 0.2) is 18.3 Å². The Labute approximate surface area is 193 Å². The predicted octanol–water partition coefficient (Wildman–Crippen LogP) is 4.19. The Balaban J connectivity index is 1.39. The third-order valence-electron chi connectivity index (χ3n) is 6.57. The monoisotopic (exact) mass is 456 g/mol. The van der Waals surface area contributed by atoms with Gasteiger partial charge in [-0.25, -0.2) is 0 Å². The van der Waals surface area contributed by atoms with Crippen molar-refractivity contribution in [1.82, 2.24) is 15.3 Å². The van der Waals surface area contributed by atoms with Crippen LogP contribution in [0.4, 0.5) is 5.69 Å². The van der Waals surface area contributed by atoms with E-state index in [1.165, 1.54) is 0 Å². The van der Waals surface area contributed by atoms with E-state index in [-0.39, 0.29) is 23.8 Å². The molecular formula is C24H29ClN4O3. The average Bonchev–Trinajstić information content (AvgIpc) is 3.00. The van der Waals surface area contributed by atoms with Crippen LogP contribution in [0.5, 0.6) is 5.75 Å². The number of carbonyl (C=O) groups is 2. The standard InChI is InChI=1S/C24H29ClN4O3/c1-13-9-20(32-4)22-21(27-13)14(2)24(31)29(22)12-16-5-7-18(8-6-16)28-23(30)19-10-17(25)11-26-15(19)3/h9-11,14,16,18H,5-8,12H2,1-4H3,(H,28,30). The molecule has 1 aliphatic heterocycles. The van der Waals surface area contributed by atoms with Crippen molar-refractivity contribution in [1.29, 1.82) is 0 Å². The number of ether oxygens (including phenoxy) is 1. The number of halogens is 1. The zero-order chi connectivity index (χ0) is 23.0. The summed E-state index contributed by atoms with van der Waals surface area (Å²) >= 11 is 6.00. The number of nitrogens with zero attached hydrogens (tertiary/aromatic N) is 3. The van der Waals surface area contributed by atoms with Crippen LogP contribution in [0.1, 0.15) is 66.0 Å². The van der Waals surface area contributed by atoms with Crippen LogP contribution in [-0.2, 0) is 4.79 Å². The highest BCUT2D eigenvalue weighted by molar-refractivity contribution is 6.30. The van der Waals surface area contributed by atoms with Crippen molar-refractivity contribution < 1.29 is 14.3 Å². The lowest BCUT2D eigenvalue weighted by molar-refractivity contribution is -0.119. The molecule has 8 heteroatoms. The highest BCUT2D eigenvalue weighted by Crippen LogP contribution is 2.43. The van der Waals surface area contributed by atoms with Crippen molar-refractivity contribution in [3.63, 3.8) is 0 Å². The number of pyridine rings is 2. The van der Waals surface area contributed by atoms with Crippen LogP contribution in [0.2, 0.25) is 5.02 Å². The zero-order valence-electron chi connectivity index (χ0n) is 18.9. The lowest BCUT2D eigenvalue weighted by Gasteiger charge is -2.32. The van der Waals surface area contributed by atoms with Crippen LogP contribution in [0, 0.1) is 19.8 Å². The summed E-state index contributed by atoms with van der Waals surface area (Å²) in [6, 6.07) is 3.65. The second-order valence-corrected chi connectivity index (χ2v) is 9.28. The van der Waals surface area contributed by atoms with E-state index in [1.54, 1.807) is 26.3 Å². The van der Waals surface area contributed by atoms with Crippen LogP contribution < -0.4 is 15.0 Å². The van der Waals surface area contributed by atoms with E-state index in [1.807, 2.05) is 24.8 Å². The maximum atomic E-state index is 13.0. The lowest BCUT2D eigenvalue weighted by Crippen LogP contribution is -2.40. The van der Waals surface area contributed by atoms with E-state index in [0.717, 1.165) is 42.8 Å². The molecule has 0 radical (unpaired) electrons. The molecule has 0 spiro atoms. The normalized spacial score (nSPS) is 22.6. The smallest absolute Gasteiger partial charge is 0.253 e. The molecule has 7 nitrogen and oxygen atoms in total. The third kappa shape index (κ3) is 4.31. The fraction of sp³-hybridized carbons (Fsp3) is 0.500. The summed E-state index contributed by atoms with van der Waals surface area (Å²) in [5, 5.41) is 3.58. The molecule has 0 saturated heterocycles. The largest absolute Gasteiger partial charge is 0.494 e. The van der Waals surface area contributed by atoms with Gasteiger partial charge in [0.1, 0.15) is 11.4 Å². The molecule has 1 N–H and O–H groups in total. The fourth-order valence-electron chi connectivity index (χ4n) is 4.78. The zero-order valence-corrected chi connectivity index (χ0v) is 19.7. The summed E-state index contributed by atoms with van der Waals surface area (Å²) in [6.07, 6.45) is 5.16. The van der Waals surface area contributed by atoms with E-state index in [9.17, 15) is 9.59 Å². The number of nitrogens with one attached hydrogen (secondary N) is 1. The van der Waals surface area contributed by atoms with E-state index < -0.39 is 0 Å². The Morgan fingerprint density at radius 2 is 1.97 bits per heavy atom. The summed E-state index contributed by atoms with van der Waals surface area (Å²) < 4.78 is 5.58. The van der Waals surface area contributed by atoms with Crippen molar-refractivity contribution in [2.75, 3.05) is 18.6 Å². The average molecular weight is 457 g/mol. The topological polar surface area (TPSA) is 84.4 Å². The predicted molar refractivity (Wildman–Crippen MR) is 123 cm³/mol. The fourth-order valence-corrected chi connectivity index (χ4v) is 4.94. The van der Waals surface area contributed by atoms with E-state index in [2.05, 4.69) is 15.3 Å². The highest BCUT2D eigenvalue weighted by Gasteiger charge is 2.39. The molecule has 1 saturated carbocycles. The van der Waals surface area contributed by atoms with Crippen molar-refractivity contribution >= 4 is 29.1 Å². The molecule has 1 unspecified atom stereocenters. The molecular weight excluding hydrogens is 428 g/mol. The number of aromatic nitrogens is 2. The minimum absolute atomic E-state index is 0.0794. The number of methoxy groups -OCH3 is 1. The Morgan fingerprint density at radius 3 is 2.66 bits per heavy atom. The van der Waals surface area contributed by atoms with Gasteiger partial charge < -0.3 is 15.0 Å². The second kappa shape index (κ2) is 9.06. The van der Waals surface area contributed by atoms with Gasteiger partial charge in [0.15, 0.2) is 0 Å². The number of carbonyl (C=O) groups excluding carboxylic acids is 2. The van der Waals surface area contributed by atoms with Gasteiger partial charge in [0, 0.05) is 30.5 Å². The molecule has 170 valence electrons. The van der Waals surface area contributed by atoms with Crippen LogP contribution in [-0.4, -0.2) is 41.5 Å². The Kier molecular flexibility index (Phi) is 6.38. The molecule has 2 amide bonds. The van der Waals surface area contributed by atoms with E-state index in [4.69, 9.17) is 16.3 Å². The molecule has 0 aromatic carbocycles. The number of fused-ring (bicyclic) bond motifs is 1. The quantitative estimate of drug-likeness (QED) is 0.729. The van der Waals surface area contributed by atoms with Crippen molar-refractivity contribution in [2.24, 2.45) is 5.92 Å². The van der Waals surface area contributed by atoms with Gasteiger partial charge in [0.25, 0.3) is 5.91 Å². The van der Waals surface area contributed by atoms with Crippen LogP contribution in [0.3, 0.4) is 0 Å². The molecule has 4 rings (SSSR count). The van der Waals surface area contributed by atoms with Gasteiger partial charge in [-0.1, -0.05) is 11.6 Å².